The molecule has 0 bridgehead atoms. The van der Waals surface area contributed by atoms with Crippen molar-refractivity contribution in [2.75, 3.05) is 24.3 Å². The number of anilines is 2. The van der Waals surface area contributed by atoms with Crippen LogP contribution in [0.25, 0.3) is 0 Å². The third-order valence-corrected chi connectivity index (χ3v) is 2.93. The van der Waals surface area contributed by atoms with Crippen molar-refractivity contribution >= 4 is 11.6 Å². The van der Waals surface area contributed by atoms with Gasteiger partial charge in [-0.3, -0.25) is 4.98 Å². The van der Waals surface area contributed by atoms with Crippen LogP contribution < -0.4 is 10.2 Å². The third-order valence-electron chi connectivity index (χ3n) is 2.93. The Morgan fingerprint density at radius 2 is 2.05 bits per heavy atom. The highest BCUT2D eigenvalue weighted by Crippen LogP contribution is 2.32. The molecule has 4 nitrogen and oxygen atoms in total. The number of halogens is 3. The first-order valence-corrected chi connectivity index (χ1v) is 6.27. The summed E-state index contributed by atoms with van der Waals surface area (Å²) < 4.78 is 38.7. The molecule has 0 aliphatic heterocycles. The molecule has 2 aromatic heterocycles. The summed E-state index contributed by atoms with van der Waals surface area (Å²) in [4.78, 5) is 9.78. The van der Waals surface area contributed by atoms with Crippen LogP contribution >= 0.6 is 0 Å². The molecule has 0 aromatic carbocycles. The molecule has 0 saturated heterocycles. The summed E-state index contributed by atoms with van der Waals surface area (Å²) >= 11 is 0. The number of rotatable bonds is 4. The van der Waals surface area contributed by atoms with Crippen molar-refractivity contribution in [3.05, 3.63) is 47.8 Å². The van der Waals surface area contributed by atoms with Crippen LogP contribution in [0.3, 0.4) is 0 Å². The van der Waals surface area contributed by atoms with Crippen LogP contribution in [0, 0.1) is 0 Å². The van der Waals surface area contributed by atoms with Gasteiger partial charge < -0.3 is 10.2 Å². The summed E-state index contributed by atoms with van der Waals surface area (Å²) in [7, 11) is 3.22. The summed E-state index contributed by atoms with van der Waals surface area (Å²) in [5.74, 6) is 0.427. The second-order valence-corrected chi connectivity index (χ2v) is 4.56. The molecule has 0 unspecified atom stereocenters. The average molecular weight is 296 g/mol. The topological polar surface area (TPSA) is 41.0 Å². The van der Waals surface area contributed by atoms with Crippen LogP contribution in [-0.4, -0.2) is 24.1 Å². The Morgan fingerprint density at radius 3 is 2.62 bits per heavy atom. The number of hydrogen-bond acceptors (Lipinski definition) is 4. The highest BCUT2D eigenvalue weighted by molar-refractivity contribution is 5.51. The van der Waals surface area contributed by atoms with E-state index < -0.39 is 11.7 Å². The van der Waals surface area contributed by atoms with Crippen molar-refractivity contribution in [1.29, 1.82) is 0 Å². The highest BCUT2D eigenvalue weighted by atomic mass is 19.4. The molecule has 0 saturated carbocycles. The molecule has 0 atom stereocenters. The second kappa shape index (κ2) is 5.99. The number of pyridine rings is 2. The van der Waals surface area contributed by atoms with E-state index in [1.807, 2.05) is 6.07 Å². The van der Waals surface area contributed by atoms with Crippen LogP contribution in [-0.2, 0) is 12.7 Å². The molecule has 0 amide bonds. The van der Waals surface area contributed by atoms with Gasteiger partial charge in [-0.2, -0.15) is 13.2 Å². The predicted molar refractivity (Wildman–Crippen MR) is 75.1 cm³/mol. The van der Waals surface area contributed by atoms with Crippen molar-refractivity contribution in [2.24, 2.45) is 0 Å². The molecule has 7 heteroatoms. The Labute approximate surface area is 120 Å². The van der Waals surface area contributed by atoms with Crippen molar-refractivity contribution in [3.8, 4) is 0 Å². The molecule has 2 rings (SSSR count). The number of alkyl halides is 3. The fourth-order valence-corrected chi connectivity index (χ4v) is 1.85. The third kappa shape index (κ3) is 3.84. The first kappa shape index (κ1) is 15.1. The van der Waals surface area contributed by atoms with Crippen molar-refractivity contribution < 1.29 is 13.2 Å². The van der Waals surface area contributed by atoms with E-state index in [1.165, 1.54) is 7.05 Å². The van der Waals surface area contributed by atoms with Gasteiger partial charge in [0.25, 0.3) is 0 Å². The number of hydrogen-bond donors (Lipinski definition) is 1. The van der Waals surface area contributed by atoms with Gasteiger partial charge in [0.05, 0.1) is 5.56 Å². The van der Waals surface area contributed by atoms with E-state index in [4.69, 9.17) is 0 Å². The number of aromatic nitrogens is 2. The minimum absolute atomic E-state index is 0.179. The fourth-order valence-electron chi connectivity index (χ4n) is 1.85. The molecule has 0 aliphatic carbocycles. The Hall–Kier alpha value is -2.31. The zero-order chi connectivity index (χ0) is 15.5. The molecule has 2 aromatic rings. The summed E-state index contributed by atoms with van der Waals surface area (Å²) in [5, 5.41) is 2.65. The van der Waals surface area contributed by atoms with Crippen molar-refractivity contribution in [2.45, 2.75) is 12.7 Å². The van der Waals surface area contributed by atoms with Gasteiger partial charge in [0.15, 0.2) is 0 Å². The first-order valence-electron chi connectivity index (χ1n) is 6.27. The highest BCUT2D eigenvalue weighted by Gasteiger charge is 2.32. The van der Waals surface area contributed by atoms with Crippen molar-refractivity contribution in [3.63, 3.8) is 0 Å². The lowest BCUT2D eigenvalue weighted by atomic mass is 10.2. The van der Waals surface area contributed by atoms with E-state index in [2.05, 4.69) is 15.3 Å². The molecule has 21 heavy (non-hydrogen) atoms. The maximum Gasteiger partial charge on any atom is 0.416 e. The van der Waals surface area contributed by atoms with Crippen LogP contribution in [0.4, 0.5) is 24.8 Å². The Balaban J connectivity index is 2.30. The van der Waals surface area contributed by atoms with E-state index in [0.29, 0.717) is 6.54 Å². The second-order valence-electron chi connectivity index (χ2n) is 4.56. The molecule has 2 heterocycles. The standard InChI is InChI=1S/C14H15F3N4/c1-18-12-6-11(14(15,16)17)7-13(20-12)21(2)9-10-4-3-5-19-8-10/h3-8H,9H2,1-2H3,(H,18,20). The van der Waals surface area contributed by atoms with Gasteiger partial charge in [-0.05, 0) is 23.8 Å². The monoisotopic (exact) mass is 296 g/mol. The van der Waals surface area contributed by atoms with Gasteiger partial charge in [-0.25, -0.2) is 4.98 Å². The summed E-state index contributed by atoms with van der Waals surface area (Å²) in [6.45, 7) is 0.422. The van der Waals surface area contributed by atoms with E-state index >= 15 is 0 Å². The smallest absolute Gasteiger partial charge is 0.373 e. The summed E-state index contributed by atoms with van der Waals surface area (Å²) in [6.07, 6.45) is -1.09. The van der Waals surface area contributed by atoms with Crippen molar-refractivity contribution in [1.82, 2.24) is 9.97 Å². The molecule has 1 N–H and O–H groups in total. The minimum Gasteiger partial charge on any atom is -0.373 e. The van der Waals surface area contributed by atoms with E-state index in [0.717, 1.165) is 17.7 Å². The van der Waals surface area contributed by atoms with E-state index in [-0.39, 0.29) is 11.6 Å². The maximum absolute atomic E-state index is 12.9. The fraction of sp³-hybridized carbons (Fsp3) is 0.286. The Bertz CT molecular complexity index is 599. The predicted octanol–water partition coefficient (Wildman–Crippen LogP) is 3.17. The van der Waals surface area contributed by atoms with Gasteiger partial charge in [-0.1, -0.05) is 6.07 Å². The summed E-state index contributed by atoms with van der Waals surface area (Å²) in [5.41, 5.74) is 0.167. The molecular formula is C14H15F3N4. The number of nitrogens with one attached hydrogen (secondary N) is 1. The normalized spacial score (nSPS) is 11.3. The van der Waals surface area contributed by atoms with Gasteiger partial charge in [-0.15, -0.1) is 0 Å². The van der Waals surface area contributed by atoms with Crippen LogP contribution in [0.2, 0.25) is 0 Å². The Morgan fingerprint density at radius 1 is 1.29 bits per heavy atom. The zero-order valence-electron chi connectivity index (χ0n) is 11.6. The SMILES string of the molecule is CNc1cc(C(F)(F)F)cc(N(C)Cc2cccnc2)n1. The van der Waals surface area contributed by atoms with E-state index in [1.54, 1.807) is 30.4 Å². The van der Waals surface area contributed by atoms with Gasteiger partial charge >= 0.3 is 6.18 Å². The summed E-state index contributed by atoms with van der Waals surface area (Å²) in [6, 6.07) is 5.66. The average Bonchev–Trinajstić information content (AvgIpc) is 2.46. The lowest BCUT2D eigenvalue weighted by Crippen LogP contribution is -2.19. The zero-order valence-corrected chi connectivity index (χ0v) is 11.6. The quantitative estimate of drug-likeness (QED) is 0.941. The molecule has 0 radical (unpaired) electrons. The number of nitrogens with zero attached hydrogens (tertiary/aromatic N) is 3. The van der Waals surface area contributed by atoms with E-state index in [9.17, 15) is 13.2 Å². The first-order chi connectivity index (χ1) is 9.90. The lowest BCUT2D eigenvalue weighted by molar-refractivity contribution is -0.137. The molecule has 0 spiro atoms. The van der Waals surface area contributed by atoms with Gasteiger partial charge in [0.1, 0.15) is 11.6 Å². The largest absolute Gasteiger partial charge is 0.416 e. The maximum atomic E-state index is 12.9. The van der Waals surface area contributed by atoms with Crippen LogP contribution in [0.1, 0.15) is 11.1 Å². The Kier molecular flexibility index (Phi) is 4.30. The molecule has 0 aliphatic rings. The lowest BCUT2D eigenvalue weighted by Gasteiger charge is -2.20. The molecular weight excluding hydrogens is 281 g/mol. The molecule has 112 valence electrons. The van der Waals surface area contributed by atoms with Gasteiger partial charge in [0, 0.05) is 33.0 Å². The van der Waals surface area contributed by atoms with Gasteiger partial charge in [0.2, 0.25) is 0 Å². The van der Waals surface area contributed by atoms with Crippen LogP contribution in [0.5, 0.6) is 0 Å². The molecule has 0 fully saturated rings. The van der Waals surface area contributed by atoms with Crippen LogP contribution in [0.15, 0.2) is 36.7 Å². The minimum atomic E-state index is -4.40.